The lowest BCUT2D eigenvalue weighted by Gasteiger charge is -2.08. The number of non-ortho nitro benzene ring substituents is 1. The summed E-state index contributed by atoms with van der Waals surface area (Å²) in [5.74, 6) is 0.169. The van der Waals surface area contributed by atoms with E-state index in [2.05, 4.69) is 5.32 Å². The highest BCUT2D eigenvalue weighted by Crippen LogP contribution is 2.22. The summed E-state index contributed by atoms with van der Waals surface area (Å²) in [6.45, 7) is 0.343. The Morgan fingerprint density at radius 3 is 2.80 bits per heavy atom. The number of anilines is 1. The average Bonchev–Trinajstić information content (AvgIpc) is 2.46. The van der Waals surface area contributed by atoms with Crippen LogP contribution < -0.4 is 10.1 Å². The molecule has 0 aliphatic heterocycles. The molecule has 0 amide bonds. The second-order valence-electron chi connectivity index (χ2n) is 4.13. The van der Waals surface area contributed by atoms with Crippen LogP contribution in [0.2, 0.25) is 0 Å². The van der Waals surface area contributed by atoms with Crippen LogP contribution in [0.5, 0.6) is 5.75 Å². The summed E-state index contributed by atoms with van der Waals surface area (Å²) < 4.78 is 18.7. The Hall–Kier alpha value is -2.63. The lowest BCUT2D eigenvalue weighted by atomic mass is 10.2. The number of nitro groups is 1. The zero-order chi connectivity index (χ0) is 14.5. The van der Waals surface area contributed by atoms with Gasteiger partial charge in [-0.2, -0.15) is 0 Å². The molecule has 0 bridgehead atoms. The number of nitro benzene ring substituents is 1. The maximum Gasteiger partial charge on any atom is 0.271 e. The average molecular weight is 276 g/mol. The minimum atomic E-state index is -0.559. The number of methoxy groups -OCH3 is 1. The van der Waals surface area contributed by atoms with Gasteiger partial charge in [-0.15, -0.1) is 0 Å². The predicted octanol–water partition coefficient (Wildman–Crippen LogP) is 3.35. The van der Waals surface area contributed by atoms with E-state index >= 15 is 0 Å². The van der Waals surface area contributed by atoms with Crippen molar-refractivity contribution in [1.82, 2.24) is 0 Å². The number of benzene rings is 2. The molecule has 0 aliphatic rings. The largest absolute Gasteiger partial charge is 0.497 e. The number of rotatable bonds is 5. The number of nitrogens with one attached hydrogen (secondary N) is 1. The highest BCUT2D eigenvalue weighted by atomic mass is 19.1. The van der Waals surface area contributed by atoms with Crippen LogP contribution in [0, 0.1) is 15.9 Å². The van der Waals surface area contributed by atoms with Gasteiger partial charge in [0.2, 0.25) is 0 Å². The number of hydrogen-bond acceptors (Lipinski definition) is 4. The minimum absolute atomic E-state index is 0.0991. The van der Waals surface area contributed by atoms with Crippen molar-refractivity contribution < 1.29 is 14.1 Å². The Kier molecular flexibility index (Phi) is 4.14. The maximum atomic E-state index is 13.6. The summed E-state index contributed by atoms with van der Waals surface area (Å²) in [5, 5.41) is 13.5. The maximum absolute atomic E-state index is 13.6. The molecule has 104 valence electrons. The van der Waals surface area contributed by atoms with E-state index < -0.39 is 10.7 Å². The van der Waals surface area contributed by atoms with Crippen LogP contribution in [0.3, 0.4) is 0 Å². The quantitative estimate of drug-likeness (QED) is 0.671. The minimum Gasteiger partial charge on any atom is -0.497 e. The molecule has 0 heterocycles. The monoisotopic (exact) mass is 276 g/mol. The van der Waals surface area contributed by atoms with Crippen LogP contribution in [0.1, 0.15) is 5.56 Å². The molecule has 0 saturated carbocycles. The van der Waals surface area contributed by atoms with Crippen LogP contribution in [-0.4, -0.2) is 12.0 Å². The first-order chi connectivity index (χ1) is 9.60. The molecular weight excluding hydrogens is 263 g/mol. The third-order valence-corrected chi connectivity index (χ3v) is 2.78. The van der Waals surface area contributed by atoms with Gasteiger partial charge in [0, 0.05) is 18.7 Å². The van der Waals surface area contributed by atoms with Gasteiger partial charge in [0.15, 0.2) is 0 Å². The normalized spacial score (nSPS) is 10.1. The van der Waals surface area contributed by atoms with Crippen molar-refractivity contribution in [2.75, 3.05) is 12.4 Å². The van der Waals surface area contributed by atoms with E-state index in [1.807, 2.05) is 18.2 Å². The van der Waals surface area contributed by atoms with Crippen molar-refractivity contribution in [3.05, 3.63) is 64.0 Å². The van der Waals surface area contributed by atoms with Crippen LogP contribution >= 0.6 is 0 Å². The van der Waals surface area contributed by atoms with Crippen LogP contribution in [0.15, 0.2) is 42.5 Å². The molecule has 1 N–H and O–H groups in total. The molecule has 0 unspecified atom stereocenters. The molecule has 0 aliphatic carbocycles. The predicted molar refractivity (Wildman–Crippen MR) is 73.4 cm³/mol. The molecule has 20 heavy (non-hydrogen) atoms. The molecule has 0 radical (unpaired) electrons. The van der Waals surface area contributed by atoms with E-state index in [0.717, 1.165) is 17.7 Å². The van der Waals surface area contributed by atoms with Gasteiger partial charge in [-0.25, -0.2) is 4.39 Å². The van der Waals surface area contributed by atoms with Crippen LogP contribution in [-0.2, 0) is 6.54 Å². The third-order valence-electron chi connectivity index (χ3n) is 2.78. The van der Waals surface area contributed by atoms with E-state index in [9.17, 15) is 14.5 Å². The van der Waals surface area contributed by atoms with Gasteiger partial charge in [-0.05, 0) is 23.8 Å². The van der Waals surface area contributed by atoms with E-state index in [-0.39, 0.29) is 11.4 Å². The summed E-state index contributed by atoms with van der Waals surface area (Å²) in [6, 6.07) is 10.7. The molecule has 2 rings (SSSR count). The molecule has 2 aromatic carbocycles. The summed E-state index contributed by atoms with van der Waals surface area (Å²) in [7, 11) is 1.56. The lowest BCUT2D eigenvalue weighted by molar-refractivity contribution is -0.384. The molecule has 0 saturated heterocycles. The Labute approximate surface area is 115 Å². The Morgan fingerprint density at radius 2 is 2.10 bits per heavy atom. The molecule has 0 fully saturated rings. The molecular formula is C14H13FN2O3. The number of hydrogen-bond donors (Lipinski definition) is 1. The smallest absolute Gasteiger partial charge is 0.271 e. The molecule has 0 spiro atoms. The van der Waals surface area contributed by atoms with Gasteiger partial charge in [0.1, 0.15) is 11.6 Å². The summed E-state index contributed by atoms with van der Waals surface area (Å²) in [5.41, 5.74) is 0.830. The van der Waals surface area contributed by atoms with Crippen molar-refractivity contribution in [3.8, 4) is 5.75 Å². The number of ether oxygens (including phenoxy) is 1. The topological polar surface area (TPSA) is 64.4 Å². The van der Waals surface area contributed by atoms with E-state index in [1.165, 1.54) is 6.07 Å². The highest BCUT2D eigenvalue weighted by Gasteiger charge is 2.10. The molecule has 5 nitrogen and oxygen atoms in total. The van der Waals surface area contributed by atoms with Crippen LogP contribution in [0.4, 0.5) is 15.8 Å². The third kappa shape index (κ3) is 3.23. The summed E-state index contributed by atoms with van der Waals surface area (Å²) in [4.78, 5) is 10.1. The Balaban J connectivity index is 2.13. The number of halogens is 1. The SMILES string of the molecule is COc1cccc(CNc2cc([N+](=O)[O-])ccc2F)c1. The van der Waals surface area contributed by atoms with Crippen molar-refractivity contribution in [1.29, 1.82) is 0 Å². The first-order valence-electron chi connectivity index (χ1n) is 5.91. The fourth-order valence-electron chi connectivity index (χ4n) is 1.74. The van der Waals surface area contributed by atoms with Crippen molar-refractivity contribution in [2.45, 2.75) is 6.54 Å². The summed E-state index contributed by atoms with van der Waals surface area (Å²) in [6.07, 6.45) is 0. The Bertz CT molecular complexity index is 632. The first kappa shape index (κ1) is 13.8. The van der Waals surface area contributed by atoms with Crippen LogP contribution in [0.25, 0.3) is 0 Å². The lowest BCUT2D eigenvalue weighted by Crippen LogP contribution is -2.02. The van der Waals surface area contributed by atoms with Gasteiger partial charge < -0.3 is 10.1 Å². The molecule has 0 atom stereocenters. The van der Waals surface area contributed by atoms with Crippen molar-refractivity contribution in [2.24, 2.45) is 0 Å². The van der Waals surface area contributed by atoms with Gasteiger partial charge in [0.25, 0.3) is 5.69 Å². The van der Waals surface area contributed by atoms with E-state index in [0.29, 0.717) is 12.3 Å². The van der Waals surface area contributed by atoms with Crippen molar-refractivity contribution in [3.63, 3.8) is 0 Å². The molecule has 2 aromatic rings. The van der Waals surface area contributed by atoms with E-state index in [1.54, 1.807) is 13.2 Å². The Morgan fingerprint density at radius 1 is 1.30 bits per heavy atom. The molecule has 6 heteroatoms. The van der Waals surface area contributed by atoms with Crippen molar-refractivity contribution >= 4 is 11.4 Å². The molecule has 0 aromatic heterocycles. The van der Waals surface area contributed by atoms with E-state index in [4.69, 9.17) is 4.74 Å². The second-order valence-corrected chi connectivity index (χ2v) is 4.13. The first-order valence-corrected chi connectivity index (χ1v) is 5.91. The van der Waals surface area contributed by atoms with Gasteiger partial charge in [-0.1, -0.05) is 12.1 Å². The highest BCUT2D eigenvalue weighted by molar-refractivity contribution is 5.52. The fraction of sp³-hybridized carbons (Fsp3) is 0.143. The van der Waals surface area contributed by atoms with Gasteiger partial charge in [-0.3, -0.25) is 10.1 Å². The zero-order valence-corrected chi connectivity index (χ0v) is 10.8. The van der Waals surface area contributed by atoms with Gasteiger partial charge in [0.05, 0.1) is 17.7 Å². The fourth-order valence-corrected chi connectivity index (χ4v) is 1.74. The second kappa shape index (κ2) is 6.01. The zero-order valence-electron chi connectivity index (χ0n) is 10.8. The summed E-state index contributed by atoms with van der Waals surface area (Å²) >= 11 is 0. The standard InChI is InChI=1S/C14H13FN2O3/c1-20-12-4-2-3-10(7-12)9-16-14-8-11(17(18)19)5-6-13(14)15/h2-8,16H,9H2,1H3. The number of nitrogens with zero attached hydrogens (tertiary/aromatic N) is 1. The van der Waals surface area contributed by atoms with Gasteiger partial charge >= 0.3 is 0 Å².